The SMILES string of the molecule is COc1cc(C(=O)Nn2c(C)c3c(=O)n(-c4ccccc4)[nH]c3cc2=O)cc(OC)c1OC. The normalized spacial score (nSPS) is 10.8. The number of ether oxygens (including phenoxy) is 3. The van der Waals surface area contributed by atoms with Gasteiger partial charge in [-0.1, -0.05) is 18.2 Å². The molecule has 2 aromatic heterocycles. The van der Waals surface area contributed by atoms with Crippen molar-refractivity contribution < 1.29 is 19.0 Å². The van der Waals surface area contributed by atoms with Crippen LogP contribution in [0.3, 0.4) is 0 Å². The van der Waals surface area contributed by atoms with Gasteiger partial charge in [-0.15, -0.1) is 0 Å². The fraction of sp³-hybridized carbons (Fsp3) is 0.174. The fourth-order valence-electron chi connectivity index (χ4n) is 3.65. The standard InChI is InChI=1S/C23H22N4O6/c1-13-20-16(24-27(23(20)30)15-8-6-5-7-9-15)12-19(28)26(13)25-22(29)14-10-17(31-2)21(33-4)18(11-14)32-3/h5-12,24H,1-4H3,(H,25,29). The predicted molar refractivity (Wildman–Crippen MR) is 123 cm³/mol. The molecule has 0 unspecified atom stereocenters. The number of benzene rings is 2. The molecule has 2 N–H and O–H groups in total. The van der Waals surface area contributed by atoms with Crippen LogP contribution in [0.4, 0.5) is 0 Å². The van der Waals surface area contributed by atoms with Crippen molar-refractivity contribution in [3.05, 3.63) is 80.5 Å². The van der Waals surface area contributed by atoms with Crippen LogP contribution >= 0.6 is 0 Å². The first-order chi connectivity index (χ1) is 15.9. The lowest BCUT2D eigenvalue weighted by Crippen LogP contribution is -2.35. The molecule has 2 aromatic carbocycles. The molecule has 1 amide bonds. The van der Waals surface area contributed by atoms with Crippen LogP contribution < -0.4 is 30.8 Å². The van der Waals surface area contributed by atoms with Gasteiger partial charge in [0.05, 0.1) is 43.6 Å². The number of aromatic amines is 1. The number of para-hydroxylation sites is 1. The Bertz CT molecular complexity index is 1440. The summed E-state index contributed by atoms with van der Waals surface area (Å²) in [5.74, 6) is 0.314. The Kier molecular flexibility index (Phi) is 5.65. The summed E-state index contributed by atoms with van der Waals surface area (Å²) in [5.41, 5.74) is 3.15. The molecule has 2 heterocycles. The molecule has 0 aliphatic heterocycles. The van der Waals surface area contributed by atoms with E-state index in [1.807, 2.05) is 6.07 Å². The minimum atomic E-state index is -0.599. The van der Waals surface area contributed by atoms with Crippen LogP contribution in [-0.2, 0) is 0 Å². The third kappa shape index (κ3) is 3.71. The van der Waals surface area contributed by atoms with E-state index >= 15 is 0 Å². The minimum Gasteiger partial charge on any atom is -0.493 e. The topological polar surface area (TPSA) is 117 Å². The zero-order chi connectivity index (χ0) is 23.7. The zero-order valence-electron chi connectivity index (χ0n) is 18.5. The monoisotopic (exact) mass is 450 g/mol. The average Bonchev–Trinajstić information content (AvgIpc) is 3.16. The summed E-state index contributed by atoms with van der Waals surface area (Å²) in [6, 6.07) is 13.2. The number of nitrogens with one attached hydrogen (secondary N) is 2. The van der Waals surface area contributed by atoms with Crippen molar-refractivity contribution in [2.45, 2.75) is 6.92 Å². The van der Waals surface area contributed by atoms with Gasteiger partial charge < -0.3 is 14.2 Å². The lowest BCUT2D eigenvalue weighted by Gasteiger charge is -2.15. The van der Waals surface area contributed by atoms with Crippen molar-refractivity contribution in [2.75, 3.05) is 26.8 Å². The molecule has 10 nitrogen and oxygen atoms in total. The second kappa shape index (κ2) is 8.58. The van der Waals surface area contributed by atoms with Gasteiger partial charge in [0.25, 0.3) is 17.0 Å². The van der Waals surface area contributed by atoms with Crippen molar-refractivity contribution in [1.29, 1.82) is 0 Å². The number of carbonyl (C=O) groups is 1. The summed E-state index contributed by atoms with van der Waals surface area (Å²) in [6.07, 6.45) is 0. The maximum atomic E-state index is 13.1. The lowest BCUT2D eigenvalue weighted by atomic mass is 10.1. The predicted octanol–water partition coefficient (Wildman–Crippen LogP) is 2.20. The number of hydrogen-bond acceptors (Lipinski definition) is 6. The van der Waals surface area contributed by atoms with Gasteiger partial charge in [0.2, 0.25) is 5.75 Å². The number of aryl methyl sites for hydroxylation is 1. The van der Waals surface area contributed by atoms with E-state index in [0.717, 1.165) is 4.68 Å². The molecule has 0 saturated heterocycles. The Balaban J connectivity index is 1.78. The summed E-state index contributed by atoms with van der Waals surface area (Å²) >= 11 is 0. The van der Waals surface area contributed by atoms with Crippen molar-refractivity contribution >= 4 is 16.8 Å². The molecule has 0 radical (unpaired) electrons. The third-order valence-electron chi connectivity index (χ3n) is 5.26. The van der Waals surface area contributed by atoms with Gasteiger partial charge in [-0.3, -0.25) is 24.9 Å². The Morgan fingerprint density at radius 1 is 0.939 bits per heavy atom. The number of rotatable bonds is 6. The lowest BCUT2D eigenvalue weighted by molar-refractivity contribution is 0.101. The van der Waals surface area contributed by atoms with E-state index < -0.39 is 11.5 Å². The summed E-state index contributed by atoms with van der Waals surface area (Å²) in [6.45, 7) is 1.59. The highest BCUT2D eigenvalue weighted by molar-refractivity contribution is 6.01. The van der Waals surface area contributed by atoms with Crippen LogP contribution in [0.15, 0.2) is 58.1 Å². The van der Waals surface area contributed by atoms with Gasteiger partial charge in [0.1, 0.15) is 0 Å². The molecule has 0 bridgehead atoms. The molecule has 4 rings (SSSR count). The number of fused-ring (bicyclic) bond motifs is 1. The highest BCUT2D eigenvalue weighted by atomic mass is 16.5. The summed E-state index contributed by atoms with van der Waals surface area (Å²) in [5, 5.41) is 3.23. The van der Waals surface area contributed by atoms with E-state index in [-0.39, 0.29) is 33.7 Å². The number of amides is 1. The van der Waals surface area contributed by atoms with Gasteiger partial charge in [0, 0.05) is 11.6 Å². The van der Waals surface area contributed by atoms with E-state index in [9.17, 15) is 14.4 Å². The fourth-order valence-corrected chi connectivity index (χ4v) is 3.65. The highest BCUT2D eigenvalue weighted by Crippen LogP contribution is 2.38. The van der Waals surface area contributed by atoms with Gasteiger partial charge >= 0.3 is 0 Å². The zero-order valence-corrected chi connectivity index (χ0v) is 18.5. The van der Waals surface area contributed by atoms with Crippen LogP contribution in [0, 0.1) is 6.92 Å². The molecule has 4 aromatic rings. The first-order valence-corrected chi connectivity index (χ1v) is 9.93. The van der Waals surface area contributed by atoms with Gasteiger partial charge in [-0.25, -0.2) is 9.36 Å². The number of hydrogen-bond donors (Lipinski definition) is 2. The number of aromatic nitrogens is 3. The summed E-state index contributed by atoms with van der Waals surface area (Å²) < 4.78 is 18.2. The van der Waals surface area contributed by atoms with E-state index in [4.69, 9.17) is 14.2 Å². The van der Waals surface area contributed by atoms with Crippen LogP contribution in [0.25, 0.3) is 16.6 Å². The number of H-pyrrole nitrogens is 1. The number of pyridine rings is 1. The van der Waals surface area contributed by atoms with Gasteiger partial charge in [0.15, 0.2) is 11.5 Å². The molecule has 0 saturated carbocycles. The van der Waals surface area contributed by atoms with Crippen molar-refractivity contribution in [3.63, 3.8) is 0 Å². The van der Waals surface area contributed by atoms with Gasteiger partial charge in [-0.2, -0.15) is 0 Å². The second-order valence-electron chi connectivity index (χ2n) is 7.13. The van der Waals surface area contributed by atoms with Crippen LogP contribution in [-0.4, -0.2) is 41.7 Å². The Hall–Kier alpha value is -4.47. The molecule has 0 aliphatic rings. The summed E-state index contributed by atoms with van der Waals surface area (Å²) in [4.78, 5) is 38.8. The van der Waals surface area contributed by atoms with Crippen molar-refractivity contribution in [2.24, 2.45) is 0 Å². The first kappa shape index (κ1) is 21.8. The molecule has 0 aliphatic carbocycles. The molecule has 170 valence electrons. The molecule has 33 heavy (non-hydrogen) atoms. The third-order valence-corrected chi connectivity index (χ3v) is 5.26. The van der Waals surface area contributed by atoms with E-state index in [0.29, 0.717) is 17.0 Å². The maximum Gasteiger partial charge on any atom is 0.280 e. The van der Waals surface area contributed by atoms with Crippen LogP contribution in [0.5, 0.6) is 17.2 Å². The highest BCUT2D eigenvalue weighted by Gasteiger charge is 2.20. The molecule has 0 atom stereocenters. The van der Waals surface area contributed by atoms with Crippen molar-refractivity contribution in [1.82, 2.24) is 14.5 Å². The molecule has 0 fully saturated rings. The average molecular weight is 450 g/mol. The molecule has 0 spiro atoms. The number of nitrogens with zero attached hydrogens (tertiary/aromatic N) is 2. The van der Waals surface area contributed by atoms with E-state index in [1.54, 1.807) is 31.2 Å². The van der Waals surface area contributed by atoms with E-state index in [2.05, 4.69) is 10.5 Å². The Labute approximate surface area is 187 Å². The summed E-state index contributed by atoms with van der Waals surface area (Å²) in [7, 11) is 4.33. The molecular weight excluding hydrogens is 428 g/mol. The van der Waals surface area contributed by atoms with Crippen molar-refractivity contribution in [3.8, 4) is 22.9 Å². The quantitative estimate of drug-likeness (QED) is 0.465. The Morgan fingerprint density at radius 3 is 2.15 bits per heavy atom. The minimum absolute atomic E-state index is 0.173. The molecule has 10 heteroatoms. The smallest absolute Gasteiger partial charge is 0.280 e. The maximum absolute atomic E-state index is 13.1. The number of methoxy groups -OCH3 is 3. The van der Waals surface area contributed by atoms with E-state index in [1.165, 1.54) is 44.2 Å². The molecular formula is C23H22N4O6. The van der Waals surface area contributed by atoms with Crippen LogP contribution in [0.2, 0.25) is 0 Å². The first-order valence-electron chi connectivity index (χ1n) is 9.93. The van der Waals surface area contributed by atoms with Crippen LogP contribution in [0.1, 0.15) is 16.1 Å². The second-order valence-corrected chi connectivity index (χ2v) is 7.13. The largest absolute Gasteiger partial charge is 0.493 e. The Morgan fingerprint density at radius 2 is 1.58 bits per heavy atom. The van der Waals surface area contributed by atoms with Gasteiger partial charge in [-0.05, 0) is 31.2 Å². The number of carbonyl (C=O) groups excluding carboxylic acids is 1.